The molecule has 0 unspecified atom stereocenters. The van der Waals surface area contributed by atoms with Crippen molar-refractivity contribution in [1.29, 1.82) is 5.26 Å². The molecule has 4 heteroatoms. The second-order valence-corrected chi connectivity index (χ2v) is 7.84. The summed E-state index contributed by atoms with van der Waals surface area (Å²) in [5.41, 5.74) is 5.48. The van der Waals surface area contributed by atoms with Crippen molar-refractivity contribution in [3.8, 4) is 6.07 Å². The normalized spacial score (nSPS) is 19.6. The van der Waals surface area contributed by atoms with Crippen molar-refractivity contribution >= 4 is 5.97 Å². The van der Waals surface area contributed by atoms with E-state index in [2.05, 4.69) is 49.2 Å². The number of carbonyl (C=O) groups excluding carboxylic acids is 1. The van der Waals surface area contributed by atoms with Gasteiger partial charge in [0.2, 0.25) is 0 Å². The molecule has 1 aliphatic heterocycles. The number of allylic oxidation sites excluding steroid dienone is 11. The number of fused-ring (bicyclic) bond motifs is 1. The fourth-order valence-corrected chi connectivity index (χ4v) is 3.83. The van der Waals surface area contributed by atoms with E-state index in [9.17, 15) is 10.1 Å². The third kappa shape index (κ3) is 4.35. The van der Waals surface area contributed by atoms with Crippen LogP contribution < -0.4 is 0 Å². The molecule has 0 aromatic rings. The van der Waals surface area contributed by atoms with Gasteiger partial charge in [0.05, 0.1) is 18.3 Å². The Labute approximate surface area is 173 Å². The van der Waals surface area contributed by atoms with Crippen LogP contribution in [0.5, 0.6) is 0 Å². The van der Waals surface area contributed by atoms with Crippen molar-refractivity contribution in [1.82, 2.24) is 4.90 Å². The van der Waals surface area contributed by atoms with Gasteiger partial charge in [0.15, 0.2) is 0 Å². The molecular formula is C25H28N2O2. The molecule has 0 N–H and O–H groups in total. The van der Waals surface area contributed by atoms with Crippen molar-refractivity contribution in [3.05, 3.63) is 81.7 Å². The standard InChI is InChI=1S/C25H28N2O2/c1-17(2)20-8-7-18(3)23-22(15-20)19(11-14-27-12-5-6-13-27)9-10-21(16-26)24(23)25(28)29-4/h7-11,14-15,17H,5-6,12-13H2,1-4H3/b14-11+. The Kier molecular flexibility index (Phi) is 6.39. The number of esters is 1. The van der Waals surface area contributed by atoms with Gasteiger partial charge in [0.1, 0.15) is 6.07 Å². The molecule has 0 amide bonds. The predicted octanol–water partition coefficient (Wildman–Crippen LogP) is 4.92. The molecule has 0 bridgehead atoms. The Morgan fingerprint density at radius 2 is 1.93 bits per heavy atom. The van der Waals surface area contributed by atoms with Gasteiger partial charge in [0, 0.05) is 18.7 Å². The Balaban J connectivity index is 2.25. The molecule has 150 valence electrons. The molecule has 2 aliphatic carbocycles. The lowest BCUT2D eigenvalue weighted by Gasteiger charge is -2.16. The zero-order valence-corrected chi connectivity index (χ0v) is 17.7. The lowest BCUT2D eigenvalue weighted by molar-refractivity contribution is -0.135. The number of ether oxygens (including phenoxy) is 1. The maximum absolute atomic E-state index is 12.7. The van der Waals surface area contributed by atoms with Gasteiger partial charge < -0.3 is 9.64 Å². The third-order valence-corrected chi connectivity index (χ3v) is 5.54. The van der Waals surface area contributed by atoms with E-state index in [1.165, 1.54) is 25.5 Å². The Morgan fingerprint density at radius 3 is 2.55 bits per heavy atom. The van der Waals surface area contributed by atoms with E-state index >= 15 is 0 Å². The van der Waals surface area contributed by atoms with Crippen LogP contribution >= 0.6 is 0 Å². The van der Waals surface area contributed by atoms with Crippen LogP contribution in [0.4, 0.5) is 0 Å². The molecule has 0 spiro atoms. The van der Waals surface area contributed by atoms with Crippen molar-refractivity contribution in [2.75, 3.05) is 20.2 Å². The van der Waals surface area contributed by atoms with Gasteiger partial charge >= 0.3 is 5.97 Å². The lowest BCUT2D eigenvalue weighted by atomic mass is 9.88. The van der Waals surface area contributed by atoms with Crippen molar-refractivity contribution in [2.24, 2.45) is 5.92 Å². The van der Waals surface area contributed by atoms with Gasteiger partial charge in [-0.25, -0.2) is 4.79 Å². The molecule has 1 fully saturated rings. The summed E-state index contributed by atoms with van der Waals surface area (Å²) in [6.07, 6.45) is 16.6. The highest BCUT2D eigenvalue weighted by atomic mass is 16.5. The number of hydrogen-bond acceptors (Lipinski definition) is 4. The van der Waals surface area contributed by atoms with Crippen LogP contribution in [0.2, 0.25) is 0 Å². The monoisotopic (exact) mass is 388 g/mol. The van der Waals surface area contributed by atoms with E-state index in [0.29, 0.717) is 17.1 Å². The minimum atomic E-state index is -0.488. The number of rotatable bonds is 4. The van der Waals surface area contributed by atoms with E-state index in [0.717, 1.165) is 35.4 Å². The van der Waals surface area contributed by atoms with Gasteiger partial charge in [-0.2, -0.15) is 5.26 Å². The smallest absolute Gasteiger partial charge is 0.339 e. The zero-order valence-electron chi connectivity index (χ0n) is 17.7. The SMILES string of the molecule is COC(=O)C1=C(C#N)C=CC(/C=C/N2CCCC2)=C2C=C(C(C)C)C=CC(C)=C21. The molecule has 0 radical (unpaired) electrons. The van der Waals surface area contributed by atoms with Gasteiger partial charge in [-0.05, 0) is 66.3 Å². The number of hydrogen-bond donors (Lipinski definition) is 0. The average molecular weight is 389 g/mol. The lowest BCUT2D eigenvalue weighted by Crippen LogP contribution is -2.12. The highest BCUT2D eigenvalue weighted by Gasteiger charge is 2.27. The highest BCUT2D eigenvalue weighted by molar-refractivity contribution is 5.99. The summed E-state index contributed by atoms with van der Waals surface area (Å²) in [6.45, 7) is 8.42. The Morgan fingerprint density at radius 1 is 1.21 bits per heavy atom. The average Bonchev–Trinajstić information content (AvgIpc) is 3.10. The van der Waals surface area contributed by atoms with Crippen LogP contribution in [0.15, 0.2) is 81.7 Å². The Bertz CT molecular complexity index is 953. The molecule has 1 heterocycles. The van der Waals surface area contributed by atoms with E-state index < -0.39 is 5.97 Å². The molecule has 4 nitrogen and oxygen atoms in total. The van der Waals surface area contributed by atoms with Gasteiger partial charge in [-0.15, -0.1) is 0 Å². The minimum Gasteiger partial charge on any atom is -0.465 e. The fourth-order valence-electron chi connectivity index (χ4n) is 3.83. The molecule has 3 aliphatic rings. The maximum atomic E-state index is 12.7. The summed E-state index contributed by atoms with van der Waals surface area (Å²) in [7, 11) is 1.36. The van der Waals surface area contributed by atoms with Crippen molar-refractivity contribution in [2.45, 2.75) is 33.6 Å². The summed E-state index contributed by atoms with van der Waals surface area (Å²) in [6, 6.07) is 2.19. The largest absolute Gasteiger partial charge is 0.465 e. The second kappa shape index (κ2) is 8.96. The predicted molar refractivity (Wildman–Crippen MR) is 116 cm³/mol. The summed E-state index contributed by atoms with van der Waals surface area (Å²) in [5.74, 6) is -0.152. The summed E-state index contributed by atoms with van der Waals surface area (Å²) >= 11 is 0. The van der Waals surface area contributed by atoms with E-state index in [4.69, 9.17) is 4.74 Å². The van der Waals surface area contributed by atoms with Crippen LogP contribution in [-0.2, 0) is 9.53 Å². The number of carbonyl (C=O) groups is 1. The molecule has 3 rings (SSSR count). The van der Waals surface area contributed by atoms with Gasteiger partial charge in [-0.3, -0.25) is 0 Å². The molecule has 29 heavy (non-hydrogen) atoms. The molecular weight excluding hydrogens is 360 g/mol. The number of nitriles is 1. The molecule has 0 atom stereocenters. The summed E-state index contributed by atoms with van der Waals surface area (Å²) in [4.78, 5) is 15.0. The minimum absolute atomic E-state index is 0.322. The van der Waals surface area contributed by atoms with E-state index in [-0.39, 0.29) is 0 Å². The molecule has 0 aromatic heterocycles. The number of nitrogens with zero attached hydrogens (tertiary/aromatic N) is 2. The molecule has 0 saturated carbocycles. The first-order valence-electron chi connectivity index (χ1n) is 10.1. The van der Waals surface area contributed by atoms with Crippen LogP contribution in [0.25, 0.3) is 0 Å². The Hall–Kier alpha value is -3.06. The van der Waals surface area contributed by atoms with Crippen LogP contribution in [0.1, 0.15) is 33.6 Å². The first kappa shape index (κ1) is 20.7. The van der Waals surface area contributed by atoms with Crippen LogP contribution in [-0.4, -0.2) is 31.1 Å². The van der Waals surface area contributed by atoms with E-state index in [1.54, 1.807) is 6.08 Å². The van der Waals surface area contributed by atoms with Crippen LogP contribution in [0.3, 0.4) is 0 Å². The first-order chi connectivity index (χ1) is 14.0. The zero-order chi connectivity index (χ0) is 21.0. The quantitative estimate of drug-likeness (QED) is 0.641. The maximum Gasteiger partial charge on any atom is 0.339 e. The molecule has 1 saturated heterocycles. The molecule has 0 aromatic carbocycles. The van der Waals surface area contributed by atoms with Crippen LogP contribution in [0, 0.1) is 17.2 Å². The number of likely N-dealkylation sites (tertiary alicyclic amines) is 1. The topological polar surface area (TPSA) is 53.3 Å². The van der Waals surface area contributed by atoms with Crippen molar-refractivity contribution < 1.29 is 9.53 Å². The number of methoxy groups -OCH3 is 1. The first-order valence-corrected chi connectivity index (χ1v) is 10.1. The van der Waals surface area contributed by atoms with E-state index in [1.807, 2.05) is 19.1 Å². The second-order valence-electron chi connectivity index (χ2n) is 7.84. The summed E-state index contributed by atoms with van der Waals surface area (Å²) < 4.78 is 5.06. The summed E-state index contributed by atoms with van der Waals surface area (Å²) in [5, 5.41) is 9.74. The van der Waals surface area contributed by atoms with Gasteiger partial charge in [-0.1, -0.05) is 38.2 Å². The van der Waals surface area contributed by atoms with Crippen molar-refractivity contribution in [3.63, 3.8) is 0 Å². The highest BCUT2D eigenvalue weighted by Crippen LogP contribution is 2.37. The third-order valence-electron chi connectivity index (χ3n) is 5.54. The van der Waals surface area contributed by atoms with Gasteiger partial charge in [0.25, 0.3) is 0 Å². The fraction of sp³-hybridized carbons (Fsp3) is 0.360.